The minimum absolute atomic E-state index is 0.0277. The van der Waals surface area contributed by atoms with E-state index in [1.807, 2.05) is 31.1 Å². The van der Waals surface area contributed by atoms with E-state index in [9.17, 15) is 14.4 Å². The van der Waals surface area contributed by atoms with Crippen LogP contribution in [-0.4, -0.2) is 75.1 Å². The Morgan fingerprint density at radius 1 is 1.19 bits per heavy atom. The molecule has 4 amide bonds. The minimum atomic E-state index is -1.14. The number of nitrogens with one attached hydrogen (secondary N) is 3. The van der Waals surface area contributed by atoms with Crippen LogP contribution in [0.1, 0.15) is 32.0 Å². The van der Waals surface area contributed by atoms with E-state index in [4.69, 9.17) is 14.0 Å². The number of carbonyl (C=O) groups excluding carboxylic acids is 3. The lowest BCUT2D eigenvalue weighted by Gasteiger charge is -2.38. The molecule has 0 unspecified atom stereocenters. The third-order valence-electron chi connectivity index (χ3n) is 6.59. The molecule has 1 fully saturated rings. The maximum absolute atomic E-state index is 13.2. The zero-order valence-electron chi connectivity index (χ0n) is 20.9. The Morgan fingerprint density at radius 3 is 2.78 bits per heavy atom. The third kappa shape index (κ3) is 4.83. The molecule has 11 nitrogen and oxygen atoms in total. The quantitative estimate of drug-likeness (QED) is 0.425. The van der Waals surface area contributed by atoms with E-state index in [2.05, 4.69) is 16.1 Å². The second kappa shape index (κ2) is 9.75. The van der Waals surface area contributed by atoms with E-state index >= 15 is 0 Å². The number of urea groups is 1. The number of hydroxylamine groups is 1. The van der Waals surface area contributed by atoms with Crippen molar-refractivity contribution in [2.75, 3.05) is 47.4 Å². The topological polar surface area (TPSA) is 125 Å². The number of hydrogen-bond donors (Lipinski definition) is 3. The van der Waals surface area contributed by atoms with Crippen LogP contribution in [0.3, 0.4) is 0 Å². The van der Waals surface area contributed by atoms with Crippen molar-refractivity contribution in [3.05, 3.63) is 64.9 Å². The molecule has 2 aliphatic rings. The summed E-state index contributed by atoms with van der Waals surface area (Å²) in [6, 6.07) is 11.8. The van der Waals surface area contributed by atoms with Gasteiger partial charge in [-0.25, -0.2) is 10.3 Å². The molecule has 0 radical (unpaired) electrons. The largest absolute Gasteiger partial charge is 0.497 e. The van der Waals surface area contributed by atoms with Crippen molar-refractivity contribution in [1.82, 2.24) is 25.9 Å². The van der Waals surface area contributed by atoms with Gasteiger partial charge in [0.05, 0.1) is 13.7 Å². The molecule has 3 heterocycles. The molecule has 2 aliphatic heterocycles. The van der Waals surface area contributed by atoms with E-state index in [1.165, 1.54) is 0 Å². The van der Waals surface area contributed by atoms with Gasteiger partial charge in [-0.1, -0.05) is 12.1 Å². The Labute approximate surface area is 213 Å². The van der Waals surface area contributed by atoms with Crippen molar-refractivity contribution in [3.63, 3.8) is 0 Å². The number of benzene rings is 2. The molecule has 0 saturated carbocycles. The molecule has 0 spiro atoms. The van der Waals surface area contributed by atoms with Crippen LogP contribution in [0.5, 0.6) is 5.75 Å². The van der Waals surface area contributed by atoms with Gasteiger partial charge in [0.25, 0.3) is 11.8 Å². The fourth-order valence-electron chi connectivity index (χ4n) is 4.62. The van der Waals surface area contributed by atoms with Crippen molar-refractivity contribution in [3.8, 4) is 5.75 Å². The second-order valence-electron chi connectivity index (χ2n) is 9.53. The number of likely N-dealkylation sites (N-methyl/N-ethyl adjacent to an activating group) is 1. The van der Waals surface area contributed by atoms with Crippen LogP contribution in [0.15, 0.2) is 46.9 Å². The van der Waals surface area contributed by atoms with Gasteiger partial charge in [-0.05, 0) is 50.0 Å². The molecule has 0 bridgehead atoms. The fourth-order valence-corrected chi connectivity index (χ4v) is 4.62. The SMILES string of the molecule is COc1ccc2c(c1)C(=O)N(C[C@]1(c3cc4ccc(C(=O)NCCN(C)C)cc4o3)CONC(=O)N1)C2. The molecule has 1 atom stereocenters. The number of nitrogens with zero attached hydrogens (tertiary/aromatic N) is 2. The maximum Gasteiger partial charge on any atom is 0.339 e. The maximum atomic E-state index is 13.2. The molecule has 3 N–H and O–H groups in total. The molecule has 3 aromatic rings. The van der Waals surface area contributed by atoms with Crippen molar-refractivity contribution in [1.29, 1.82) is 0 Å². The lowest BCUT2D eigenvalue weighted by atomic mass is 9.95. The first-order chi connectivity index (χ1) is 17.8. The molecule has 1 saturated heterocycles. The lowest BCUT2D eigenvalue weighted by molar-refractivity contribution is -0.0284. The summed E-state index contributed by atoms with van der Waals surface area (Å²) >= 11 is 0. The Kier molecular flexibility index (Phi) is 6.48. The summed E-state index contributed by atoms with van der Waals surface area (Å²) < 4.78 is 11.4. The van der Waals surface area contributed by atoms with Crippen molar-refractivity contribution >= 4 is 28.8 Å². The van der Waals surface area contributed by atoms with Crippen LogP contribution in [0.25, 0.3) is 11.0 Å². The first-order valence-corrected chi connectivity index (χ1v) is 11.9. The number of fused-ring (bicyclic) bond motifs is 2. The van der Waals surface area contributed by atoms with Gasteiger partial charge >= 0.3 is 6.03 Å². The summed E-state index contributed by atoms with van der Waals surface area (Å²) in [5, 5.41) is 6.55. The molecule has 0 aliphatic carbocycles. The summed E-state index contributed by atoms with van der Waals surface area (Å²) in [6.45, 7) is 1.76. The summed E-state index contributed by atoms with van der Waals surface area (Å²) in [5.41, 5.74) is 3.54. The highest BCUT2D eigenvalue weighted by Crippen LogP contribution is 2.34. The number of methoxy groups -OCH3 is 1. The van der Waals surface area contributed by atoms with Crippen molar-refractivity contribution < 1.29 is 28.4 Å². The minimum Gasteiger partial charge on any atom is -0.497 e. The van der Waals surface area contributed by atoms with Crippen LogP contribution >= 0.6 is 0 Å². The van der Waals surface area contributed by atoms with E-state index < -0.39 is 11.6 Å². The second-order valence-corrected chi connectivity index (χ2v) is 9.53. The molecule has 11 heteroatoms. The predicted octanol–water partition coefficient (Wildman–Crippen LogP) is 1.83. The van der Waals surface area contributed by atoms with Crippen LogP contribution in [0.4, 0.5) is 4.79 Å². The first kappa shape index (κ1) is 24.6. The van der Waals surface area contributed by atoms with Gasteiger partial charge in [0.15, 0.2) is 0 Å². The molecular weight excluding hydrogens is 478 g/mol. The van der Waals surface area contributed by atoms with Crippen LogP contribution in [0, 0.1) is 0 Å². The van der Waals surface area contributed by atoms with Crippen LogP contribution in [0.2, 0.25) is 0 Å². The molecule has 5 rings (SSSR count). The van der Waals surface area contributed by atoms with Crippen molar-refractivity contribution in [2.45, 2.75) is 12.1 Å². The Balaban J connectivity index is 1.42. The first-order valence-electron chi connectivity index (χ1n) is 11.9. The molecule has 37 heavy (non-hydrogen) atoms. The molecular formula is C26H29N5O6. The summed E-state index contributed by atoms with van der Waals surface area (Å²) in [4.78, 5) is 47.2. The number of hydrogen-bond acceptors (Lipinski definition) is 7. The highest BCUT2D eigenvalue weighted by Gasteiger charge is 2.45. The van der Waals surface area contributed by atoms with Crippen LogP contribution < -0.4 is 20.9 Å². The number of ether oxygens (including phenoxy) is 1. The van der Waals surface area contributed by atoms with Gasteiger partial charge in [-0.15, -0.1) is 0 Å². The number of rotatable bonds is 8. The monoisotopic (exact) mass is 507 g/mol. The van der Waals surface area contributed by atoms with Crippen LogP contribution in [-0.2, 0) is 16.9 Å². The number of carbonyl (C=O) groups is 3. The van der Waals surface area contributed by atoms with Gasteiger partial charge in [-0.3, -0.25) is 14.4 Å². The van der Waals surface area contributed by atoms with Gasteiger partial charge in [0, 0.05) is 36.1 Å². The lowest BCUT2D eigenvalue weighted by Crippen LogP contribution is -2.62. The third-order valence-corrected chi connectivity index (χ3v) is 6.59. The zero-order chi connectivity index (χ0) is 26.2. The normalized spacial score (nSPS) is 19.1. The van der Waals surface area contributed by atoms with Gasteiger partial charge in [0.2, 0.25) is 0 Å². The summed E-state index contributed by atoms with van der Waals surface area (Å²) in [5.74, 6) is 0.643. The number of amides is 4. The average molecular weight is 508 g/mol. The van der Waals surface area contributed by atoms with E-state index in [-0.39, 0.29) is 25.0 Å². The summed E-state index contributed by atoms with van der Waals surface area (Å²) in [6.07, 6.45) is 0. The van der Waals surface area contributed by atoms with Crippen molar-refractivity contribution in [2.24, 2.45) is 0 Å². The highest BCUT2D eigenvalue weighted by atomic mass is 16.7. The zero-order valence-corrected chi connectivity index (χ0v) is 20.9. The Bertz CT molecular complexity index is 1370. The van der Waals surface area contributed by atoms with E-state index in [0.29, 0.717) is 41.3 Å². The predicted molar refractivity (Wildman–Crippen MR) is 134 cm³/mol. The molecule has 194 valence electrons. The fraction of sp³-hybridized carbons (Fsp3) is 0.346. The van der Waals surface area contributed by atoms with E-state index in [1.54, 1.807) is 42.3 Å². The highest BCUT2D eigenvalue weighted by molar-refractivity contribution is 5.99. The molecule has 2 aromatic carbocycles. The molecule has 1 aromatic heterocycles. The number of furan rings is 1. The standard InChI is InChI=1S/C26H29N5O6/c1-30(2)9-8-27-23(32)17-5-4-16-11-22(37-21(16)10-17)26(15-36-29-25(34)28-26)14-31-13-18-6-7-19(35-3)12-20(18)24(31)33/h4-7,10-12H,8-9,13-15H2,1-3H3,(H,27,32)(H2,28,29,34)/t26-/m1/s1. The van der Waals surface area contributed by atoms with Gasteiger partial charge in [-0.2, -0.15) is 0 Å². The smallest absolute Gasteiger partial charge is 0.339 e. The Hall–Kier alpha value is -4.09. The summed E-state index contributed by atoms with van der Waals surface area (Å²) in [7, 11) is 5.43. The Morgan fingerprint density at radius 2 is 2.03 bits per heavy atom. The average Bonchev–Trinajstić information content (AvgIpc) is 3.44. The van der Waals surface area contributed by atoms with E-state index in [0.717, 1.165) is 17.5 Å². The van der Waals surface area contributed by atoms with Gasteiger partial charge < -0.3 is 29.6 Å². The van der Waals surface area contributed by atoms with Gasteiger partial charge in [0.1, 0.15) is 29.2 Å².